The van der Waals surface area contributed by atoms with Crippen molar-refractivity contribution in [2.24, 2.45) is 0 Å². The van der Waals surface area contributed by atoms with Crippen molar-refractivity contribution in [3.05, 3.63) is 36.0 Å². The molecule has 0 aliphatic rings. The molecule has 5 nitrogen and oxygen atoms in total. The molecule has 0 spiro atoms. The van der Waals surface area contributed by atoms with Crippen molar-refractivity contribution in [3.8, 4) is 0 Å². The van der Waals surface area contributed by atoms with Crippen molar-refractivity contribution >= 4 is 22.8 Å². The van der Waals surface area contributed by atoms with E-state index in [-0.39, 0.29) is 18.5 Å². The zero-order valence-electron chi connectivity index (χ0n) is 15.5. The van der Waals surface area contributed by atoms with Gasteiger partial charge >= 0.3 is 11.9 Å². The molecule has 2 rings (SSSR count). The summed E-state index contributed by atoms with van der Waals surface area (Å²) in [6, 6.07) is 9.89. The minimum atomic E-state index is -0.524. The van der Waals surface area contributed by atoms with E-state index in [1.54, 1.807) is 0 Å². The molecular weight excluding hydrogens is 318 g/mol. The summed E-state index contributed by atoms with van der Waals surface area (Å²) in [5, 5.41) is 1.04. The third kappa shape index (κ3) is 5.62. The molecule has 136 valence electrons. The van der Waals surface area contributed by atoms with E-state index in [2.05, 4.69) is 0 Å². The topological polar surface area (TPSA) is 57.5 Å². The van der Waals surface area contributed by atoms with Crippen LogP contribution in [0.2, 0.25) is 0 Å². The SMILES string of the molecule is CCCOC(=O)CCc1cc2ccccc2n1CC(=O)OC(C)(C)C. The molecule has 0 saturated carbocycles. The molecule has 25 heavy (non-hydrogen) atoms. The van der Waals surface area contributed by atoms with Crippen molar-refractivity contribution in [1.82, 2.24) is 4.57 Å². The first-order valence-corrected chi connectivity index (χ1v) is 8.75. The van der Waals surface area contributed by atoms with E-state index in [1.165, 1.54) is 0 Å². The molecule has 0 radical (unpaired) electrons. The van der Waals surface area contributed by atoms with E-state index in [1.807, 2.05) is 62.6 Å². The van der Waals surface area contributed by atoms with Gasteiger partial charge in [-0.05, 0) is 51.1 Å². The fraction of sp³-hybridized carbons (Fsp3) is 0.500. The Labute approximate surface area is 148 Å². The number of ether oxygens (including phenoxy) is 2. The first kappa shape index (κ1) is 19.0. The molecule has 2 aromatic rings. The van der Waals surface area contributed by atoms with Crippen LogP contribution in [-0.2, 0) is 32.0 Å². The Balaban J connectivity index is 2.18. The van der Waals surface area contributed by atoms with Gasteiger partial charge in [0.2, 0.25) is 0 Å². The van der Waals surface area contributed by atoms with Gasteiger partial charge in [0.1, 0.15) is 12.1 Å². The van der Waals surface area contributed by atoms with Gasteiger partial charge in [0.15, 0.2) is 0 Å². The van der Waals surface area contributed by atoms with Gasteiger partial charge in [-0.25, -0.2) is 0 Å². The van der Waals surface area contributed by atoms with Crippen LogP contribution in [0.4, 0.5) is 0 Å². The Bertz CT molecular complexity index is 740. The largest absolute Gasteiger partial charge is 0.466 e. The van der Waals surface area contributed by atoms with Crippen LogP contribution in [-0.4, -0.2) is 28.7 Å². The summed E-state index contributed by atoms with van der Waals surface area (Å²) in [6.07, 6.45) is 1.63. The van der Waals surface area contributed by atoms with Crippen molar-refractivity contribution in [2.45, 2.75) is 59.1 Å². The normalized spacial score (nSPS) is 11.5. The van der Waals surface area contributed by atoms with E-state index in [9.17, 15) is 9.59 Å². The molecule has 0 amide bonds. The van der Waals surface area contributed by atoms with Crippen molar-refractivity contribution in [1.29, 1.82) is 0 Å². The lowest BCUT2D eigenvalue weighted by atomic mass is 10.2. The standard InChI is InChI=1S/C20H27NO4/c1-5-12-24-18(22)11-10-16-13-15-8-6-7-9-17(15)21(16)14-19(23)25-20(2,3)4/h6-9,13H,5,10-12,14H2,1-4H3. The van der Waals surface area contributed by atoms with Crippen LogP contribution in [0.1, 0.15) is 46.2 Å². The fourth-order valence-corrected chi connectivity index (χ4v) is 2.68. The predicted molar refractivity (Wildman–Crippen MR) is 97.4 cm³/mol. The number of benzene rings is 1. The second kappa shape index (κ2) is 8.19. The molecule has 1 aromatic carbocycles. The number of nitrogens with zero attached hydrogens (tertiary/aromatic N) is 1. The Morgan fingerprint density at radius 1 is 1.12 bits per heavy atom. The zero-order chi connectivity index (χ0) is 18.4. The summed E-state index contributed by atoms with van der Waals surface area (Å²) >= 11 is 0. The summed E-state index contributed by atoms with van der Waals surface area (Å²) in [5.74, 6) is -0.500. The second-order valence-electron chi connectivity index (χ2n) is 7.09. The molecule has 0 fully saturated rings. The van der Waals surface area contributed by atoms with Crippen LogP contribution >= 0.6 is 0 Å². The van der Waals surface area contributed by atoms with Gasteiger partial charge in [-0.1, -0.05) is 25.1 Å². The third-order valence-corrected chi connectivity index (χ3v) is 3.66. The van der Waals surface area contributed by atoms with Gasteiger partial charge in [-0.3, -0.25) is 9.59 Å². The average Bonchev–Trinajstić information content (AvgIpc) is 2.87. The quantitative estimate of drug-likeness (QED) is 0.715. The van der Waals surface area contributed by atoms with Crippen molar-refractivity contribution in [2.75, 3.05) is 6.61 Å². The molecule has 0 aliphatic carbocycles. The molecular formula is C20H27NO4. The average molecular weight is 345 g/mol. The molecule has 0 atom stereocenters. The van der Waals surface area contributed by atoms with Gasteiger partial charge in [-0.15, -0.1) is 0 Å². The number of fused-ring (bicyclic) bond motifs is 1. The van der Waals surface area contributed by atoms with Crippen molar-refractivity contribution in [3.63, 3.8) is 0 Å². The molecule has 1 heterocycles. The maximum Gasteiger partial charge on any atom is 0.326 e. The van der Waals surface area contributed by atoms with Crippen LogP contribution in [0.25, 0.3) is 10.9 Å². The molecule has 1 aromatic heterocycles. The Morgan fingerprint density at radius 2 is 1.84 bits per heavy atom. The number of hydrogen-bond acceptors (Lipinski definition) is 4. The van der Waals surface area contributed by atoms with E-state index < -0.39 is 5.60 Å². The Kier molecular flexibility index (Phi) is 6.23. The van der Waals surface area contributed by atoms with Gasteiger partial charge in [0, 0.05) is 11.2 Å². The number of para-hydroxylation sites is 1. The fourth-order valence-electron chi connectivity index (χ4n) is 2.68. The zero-order valence-corrected chi connectivity index (χ0v) is 15.5. The van der Waals surface area contributed by atoms with Gasteiger partial charge in [-0.2, -0.15) is 0 Å². The number of carbonyl (C=O) groups excluding carboxylic acids is 2. The lowest BCUT2D eigenvalue weighted by molar-refractivity contribution is -0.155. The highest BCUT2D eigenvalue weighted by atomic mass is 16.6. The maximum atomic E-state index is 12.3. The third-order valence-electron chi connectivity index (χ3n) is 3.66. The van der Waals surface area contributed by atoms with Crippen LogP contribution < -0.4 is 0 Å². The monoisotopic (exact) mass is 345 g/mol. The summed E-state index contributed by atoms with van der Waals surface area (Å²) < 4.78 is 12.5. The van der Waals surface area contributed by atoms with Crippen LogP contribution in [0.5, 0.6) is 0 Å². The van der Waals surface area contributed by atoms with Gasteiger partial charge < -0.3 is 14.0 Å². The van der Waals surface area contributed by atoms with Crippen LogP contribution in [0, 0.1) is 0 Å². The number of aromatic nitrogens is 1. The second-order valence-corrected chi connectivity index (χ2v) is 7.09. The summed E-state index contributed by atoms with van der Waals surface area (Å²) in [7, 11) is 0. The summed E-state index contributed by atoms with van der Waals surface area (Å²) in [5.41, 5.74) is 1.37. The number of carbonyl (C=O) groups is 2. The first-order chi connectivity index (χ1) is 11.8. The van der Waals surface area contributed by atoms with E-state index >= 15 is 0 Å². The first-order valence-electron chi connectivity index (χ1n) is 8.75. The highest BCUT2D eigenvalue weighted by Crippen LogP contribution is 2.22. The molecule has 0 saturated heterocycles. The summed E-state index contributed by atoms with van der Waals surface area (Å²) in [6.45, 7) is 8.09. The minimum Gasteiger partial charge on any atom is -0.466 e. The highest BCUT2D eigenvalue weighted by molar-refractivity contribution is 5.83. The van der Waals surface area contributed by atoms with Crippen molar-refractivity contribution < 1.29 is 19.1 Å². The number of rotatable bonds is 7. The van der Waals surface area contributed by atoms with E-state index in [4.69, 9.17) is 9.47 Å². The Hall–Kier alpha value is -2.30. The number of esters is 2. The number of aryl methyl sites for hydroxylation is 1. The van der Waals surface area contributed by atoms with Gasteiger partial charge in [0.05, 0.1) is 13.0 Å². The predicted octanol–water partition coefficient (Wildman–Crippen LogP) is 3.87. The molecule has 0 unspecified atom stereocenters. The van der Waals surface area contributed by atoms with Gasteiger partial charge in [0.25, 0.3) is 0 Å². The summed E-state index contributed by atoms with van der Waals surface area (Å²) in [4.78, 5) is 24.1. The van der Waals surface area contributed by atoms with E-state index in [0.29, 0.717) is 19.4 Å². The maximum absolute atomic E-state index is 12.3. The number of hydrogen-bond donors (Lipinski definition) is 0. The van der Waals surface area contributed by atoms with Crippen LogP contribution in [0.3, 0.4) is 0 Å². The lowest BCUT2D eigenvalue weighted by Gasteiger charge is -2.20. The van der Waals surface area contributed by atoms with Crippen LogP contribution in [0.15, 0.2) is 30.3 Å². The molecule has 5 heteroatoms. The molecule has 0 N–H and O–H groups in total. The van der Waals surface area contributed by atoms with E-state index in [0.717, 1.165) is 23.0 Å². The smallest absolute Gasteiger partial charge is 0.326 e. The lowest BCUT2D eigenvalue weighted by Crippen LogP contribution is -2.27. The Morgan fingerprint density at radius 3 is 2.52 bits per heavy atom. The minimum absolute atomic E-state index is 0.129. The molecule has 0 bridgehead atoms. The molecule has 0 aliphatic heterocycles. The highest BCUT2D eigenvalue weighted by Gasteiger charge is 2.19.